The Morgan fingerprint density at radius 3 is 2.34 bits per heavy atom. The van der Waals surface area contributed by atoms with E-state index in [4.69, 9.17) is 4.99 Å². The van der Waals surface area contributed by atoms with E-state index in [0.29, 0.717) is 34.7 Å². The Morgan fingerprint density at radius 1 is 0.947 bits per heavy atom. The predicted molar refractivity (Wildman–Crippen MR) is 147 cm³/mol. The SMILES string of the molecule is CC(C)(C)C(=O)CN1C(=O)[C@H](NC(=O)Nc2cccc(NC=O)c2)N=C(c2ccccc2)c2ccccc21. The van der Waals surface area contributed by atoms with Gasteiger partial charge in [0.1, 0.15) is 0 Å². The minimum absolute atomic E-state index is 0.133. The van der Waals surface area contributed by atoms with Crippen LogP contribution in [0.5, 0.6) is 0 Å². The maximum Gasteiger partial charge on any atom is 0.321 e. The van der Waals surface area contributed by atoms with Crippen LogP contribution in [0.1, 0.15) is 31.9 Å². The molecule has 1 atom stereocenters. The molecule has 9 heteroatoms. The van der Waals surface area contributed by atoms with Gasteiger partial charge in [-0.15, -0.1) is 0 Å². The Kier molecular flexibility index (Phi) is 7.66. The predicted octanol–water partition coefficient (Wildman–Crippen LogP) is 4.20. The molecule has 0 saturated heterocycles. The Hall–Kier alpha value is -4.79. The van der Waals surface area contributed by atoms with E-state index >= 15 is 0 Å². The highest BCUT2D eigenvalue weighted by atomic mass is 16.2. The second-order valence-electron chi connectivity index (χ2n) is 9.80. The van der Waals surface area contributed by atoms with Crippen LogP contribution in [0.2, 0.25) is 0 Å². The largest absolute Gasteiger partial charge is 0.329 e. The number of ketones is 1. The summed E-state index contributed by atoms with van der Waals surface area (Å²) in [6.45, 7) is 5.22. The highest BCUT2D eigenvalue weighted by Gasteiger charge is 2.35. The molecule has 3 aromatic carbocycles. The molecule has 9 nitrogen and oxygen atoms in total. The molecule has 0 aliphatic carbocycles. The lowest BCUT2D eigenvalue weighted by Crippen LogP contribution is -2.50. The summed E-state index contributed by atoms with van der Waals surface area (Å²) in [5.41, 5.74) is 2.71. The first-order chi connectivity index (χ1) is 18.2. The summed E-state index contributed by atoms with van der Waals surface area (Å²) in [6.07, 6.45) is -0.768. The molecule has 1 aliphatic heterocycles. The van der Waals surface area contributed by atoms with Crippen LogP contribution in [0.15, 0.2) is 83.9 Å². The van der Waals surface area contributed by atoms with E-state index in [1.54, 1.807) is 57.2 Å². The van der Waals surface area contributed by atoms with Gasteiger partial charge in [-0.25, -0.2) is 9.79 Å². The standard InChI is InChI=1S/C29H29N5O4/c1-29(2,3)24(36)17-34-23-15-8-7-14-22(23)25(19-10-5-4-6-11-19)32-26(27(34)37)33-28(38)31-21-13-9-12-20(16-21)30-18-35/h4-16,18,26H,17H2,1-3H3,(H,30,35)(H2,31,33,38)/t26-/m0/s1. The number of hydrogen-bond donors (Lipinski definition) is 3. The lowest BCUT2D eigenvalue weighted by Gasteiger charge is -2.28. The molecule has 0 spiro atoms. The molecule has 4 amide bonds. The molecule has 4 rings (SSSR count). The molecule has 194 valence electrons. The molecule has 0 saturated carbocycles. The van der Waals surface area contributed by atoms with E-state index in [0.717, 1.165) is 5.56 Å². The molecular formula is C29H29N5O4. The molecule has 38 heavy (non-hydrogen) atoms. The number of benzene rings is 3. The summed E-state index contributed by atoms with van der Waals surface area (Å²) >= 11 is 0. The molecule has 0 unspecified atom stereocenters. The Morgan fingerprint density at radius 2 is 1.63 bits per heavy atom. The second-order valence-corrected chi connectivity index (χ2v) is 9.80. The van der Waals surface area contributed by atoms with E-state index in [1.807, 2.05) is 42.5 Å². The number of anilines is 3. The van der Waals surface area contributed by atoms with Crippen LogP contribution < -0.4 is 20.9 Å². The normalized spacial score (nSPS) is 15.0. The van der Waals surface area contributed by atoms with Crippen molar-refractivity contribution in [3.63, 3.8) is 0 Å². The number of carbonyl (C=O) groups is 4. The van der Waals surface area contributed by atoms with Crippen molar-refractivity contribution in [1.82, 2.24) is 5.32 Å². The third-order valence-electron chi connectivity index (χ3n) is 6.01. The van der Waals surface area contributed by atoms with E-state index in [2.05, 4.69) is 16.0 Å². The minimum Gasteiger partial charge on any atom is -0.329 e. The first-order valence-corrected chi connectivity index (χ1v) is 12.1. The van der Waals surface area contributed by atoms with E-state index in [-0.39, 0.29) is 12.3 Å². The Bertz CT molecular complexity index is 1400. The molecule has 1 heterocycles. The number of Topliss-reactive ketones (excluding diaryl/α,β-unsaturated/α-hetero) is 1. The van der Waals surface area contributed by atoms with E-state index in [9.17, 15) is 19.2 Å². The van der Waals surface area contributed by atoms with Gasteiger partial charge in [-0.05, 0) is 24.3 Å². The Balaban J connectivity index is 1.72. The molecule has 1 aliphatic rings. The lowest BCUT2D eigenvalue weighted by molar-refractivity contribution is -0.127. The first-order valence-electron chi connectivity index (χ1n) is 12.1. The van der Waals surface area contributed by atoms with Crippen molar-refractivity contribution >= 4 is 46.9 Å². The highest BCUT2D eigenvalue weighted by molar-refractivity contribution is 6.21. The van der Waals surface area contributed by atoms with Gasteiger partial charge in [0.05, 0.1) is 17.9 Å². The summed E-state index contributed by atoms with van der Waals surface area (Å²) in [5, 5.41) is 7.85. The zero-order valence-electron chi connectivity index (χ0n) is 21.4. The number of benzodiazepines with no additional fused rings is 1. The number of nitrogens with one attached hydrogen (secondary N) is 3. The average Bonchev–Trinajstić information content (AvgIpc) is 3.00. The number of urea groups is 1. The highest BCUT2D eigenvalue weighted by Crippen LogP contribution is 2.29. The van der Waals surface area contributed by atoms with Crippen molar-refractivity contribution in [3.8, 4) is 0 Å². The van der Waals surface area contributed by atoms with Crippen molar-refractivity contribution in [2.24, 2.45) is 10.4 Å². The molecule has 0 radical (unpaired) electrons. The quantitative estimate of drug-likeness (QED) is 0.412. The minimum atomic E-state index is -1.30. The second kappa shape index (κ2) is 11.1. The number of rotatable bonds is 7. The third-order valence-corrected chi connectivity index (χ3v) is 6.01. The van der Waals surface area contributed by atoms with Crippen molar-refractivity contribution in [2.45, 2.75) is 26.9 Å². The zero-order valence-corrected chi connectivity index (χ0v) is 21.4. The fourth-order valence-electron chi connectivity index (χ4n) is 3.94. The van der Waals surface area contributed by atoms with Gasteiger partial charge in [0, 0.05) is 27.9 Å². The summed E-state index contributed by atoms with van der Waals surface area (Å²) in [4.78, 5) is 56.7. The number of hydrogen-bond acceptors (Lipinski definition) is 5. The van der Waals surface area contributed by atoms with Gasteiger partial charge in [0.15, 0.2) is 5.78 Å². The van der Waals surface area contributed by atoms with Crippen molar-refractivity contribution in [3.05, 3.63) is 90.0 Å². The van der Waals surface area contributed by atoms with Crippen LogP contribution in [-0.2, 0) is 14.4 Å². The molecule has 3 N–H and O–H groups in total. The van der Waals surface area contributed by atoms with Gasteiger partial charge < -0.3 is 20.9 Å². The molecule has 3 aromatic rings. The van der Waals surface area contributed by atoms with Crippen molar-refractivity contribution in [2.75, 3.05) is 22.1 Å². The summed E-state index contributed by atoms with van der Waals surface area (Å²) in [7, 11) is 0. The summed E-state index contributed by atoms with van der Waals surface area (Å²) in [5.74, 6) is -0.668. The lowest BCUT2D eigenvalue weighted by atomic mass is 9.90. The molecule has 0 bridgehead atoms. The number of para-hydroxylation sites is 1. The van der Waals surface area contributed by atoms with Gasteiger partial charge in [-0.1, -0.05) is 75.4 Å². The number of aliphatic imine (C=N–C) groups is 1. The first kappa shape index (κ1) is 26.3. The molecule has 0 aromatic heterocycles. The van der Waals surface area contributed by atoms with E-state index in [1.165, 1.54) is 4.90 Å². The van der Waals surface area contributed by atoms with Crippen LogP contribution >= 0.6 is 0 Å². The van der Waals surface area contributed by atoms with Gasteiger partial charge in [0.2, 0.25) is 12.6 Å². The van der Waals surface area contributed by atoms with Gasteiger partial charge >= 0.3 is 6.03 Å². The van der Waals surface area contributed by atoms with Gasteiger partial charge in [0.25, 0.3) is 5.91 Å². The number of carbonyl (C=O) groups excluding carboxylic acids is 4. The number of amides is 4. The van der Waals surface area contributed by atoms with Gasteiger partial charge in [-0.2, -0.15) is 0 Å². The molecule has 0 fully saturated rings. The smallest absolute Gasteiger partial charge is 0.321 e. The third kappa shape index (κ3) is 5.95. The monoisotopic (exact) mass is 511 g/mol. The maximum absolute atomic E-state index is 13.9. The Labute approximate surface area is 221 Å². The topological polar surface area (TPSA) is 120 Å². The zero-order chi connectivity index (χ0) is 27.3. The van der Waals surface area contributed by atoms with Crippen LogP contribution in [0.4, 0.5) is 21.9 Å². The van der Waals surface area contributed by atoms with Crippen molar-refractivity contribution < 1.29 is 19.2 Å². The summed E-state index contributed by atoms with van der Waals surface area (Å²) in [6, 6.07) is 22.5. The fourth-order valence-corrected chi connectivity index (χ4v) is 3.94. The number of nitrogens with zero attached hydrogens (tertiary/aromatic N) is 2. The van der Waals surface area contributed by atoms with Crippen LogP contribution in [0.25, 0.3) is 0 Å². The summed E-state index contributed by atoms with van der Waals surface area (Å²) < 4.78 is 0. The maximum atomic E-state index is 13.9. The molecular weight excluding hydrogens is 482 g/mol. The number of fused-ring (bicyclic) bond motifs is 1. The van der Waals surface area contributed by atoms with Crippen LogP contribution in [0, 0.1) is 5.41 Å². The average molecular weight is 512 g/mol. The van der Waals surface area contributed by atoms with Crippen LogP contribution in [0.3, 0.4) is 0 Å². The van der Waals surface area contributed by atoms with Crippen molar-refractivity contribution in [1.29, 1.82) is 0 Å². The van der Waals surface area contributed by atoms with Crippen LogP contribution in [-0.4, -0.2) is 42.6 Å². The van der Waals surface area contributed by atoms with E-state index < -0.39 is 23.5 Å². The van der Waals surface area contributed by atoms with Gasteiger partial charge in [-0.3, -0.25) is 14.4 Å². The fraction of sp³-hybridized carbons (Fsp3) is 0.207.